The summed E-state index contributed by atoms with van der Waals surface area (Å²) in [5, 5.41) is 4.52. The highest BCUT2D eigenvalue weighted by Gasteiger charge is 2.31. The molecule has 1 atom stereocenters. The molecule has 9 heteroatoms. The van der Waals surface area contributed by atoms with Crippen molar-refractivity contribution in [1.29, 1.82) is 0 Å². The second-order valence-electron chi connectivity index (χ2n) is 6.30. The van der Waals surface area contributed by atoms with Crippen LogP contribution in [0.3, 0.4) is 0 Å². The van der Waals surface area contributed by atoms with Crippen molar-refractivity contribution < 1.29 is 13.2 Å². The number of nitrogens with two attached hydrogens (primary N) is 1. The van der Waals surface area contributed by atoms with Crippen LogP contribution in [-0.4, -0.2) is 20.5 Å². The van der Waals surface area contributed by atoms with Crippen molar-refractivity contribution in [1.82, 2.24) is 14.3 Å². The lowest BCUT2D eigenvalue weighted by atomic mass is 10.1. The molecule has 0 radical (unpaired) electrons. The summed E-state index contributed by atoms with van der Waals surface area (Å²) in [6.07, 6.45) is 5.39. The van der Waals surface area contributed by atoms with E-state index in [2.05, 4.69) is 18.3 Å². The van der Waals surface area contributed by atoms with E-state index < -0.39 is 23.5 Å². The van der Waals surface area contributed by atoms with E-state index in [1.807, 2.05) is 0 Å². The largest absolute Gasteiger partial charge is 0.416 e. The maximum Gasteiger partial charge on any atom is 0.416 e. The highest BCUT2D eigenvalue weighted by atomic mass is 35.5. The topological polar surface area (TPSA) is 65.8 Å². The summed E-state index contributed by atoms with van der Waals surface area (Å²) in [6, 6.07) is -0.742. The minimum atomic E-state index is -4.55. The van der Waals surface area contributed by atoms with Crippen molar-refractivity contribution >= 4 is 17.2 Å². The summed E-state index contributed by atoms with van der Waals surface area (Å²) in [5.74, 6) is 0.214. The molecule has 0 aromatic carbocycles. The van der Waals surface area contributed by atoms with Gasteiger partial charge in [0.05, 0.1) is 16.6 Å². The van der Waals surface area contributed by atoms with Crippen LogP contribution in [0.2, 0.25) is 0 Å². The van der Waals surface area contributed by atoms with Crippen LogP contribution < -0.4 is 11.4 Å². The van der Waals surface area contributed by atoms with E-state index in [1.54, 1.807) is 26.0 Å². The summed E-state index contributed by atoms with van der Waals surface area (Å²) in [7, 11) is 0. The van der Waals surface area contributed by atoms with E-state index in [9.17, 15) is 18.0 Å². The first-order chi connectivity index (χ1) is 14.1. The lowest BCUT2D eigenvalue weighted by Crippen LogP contribution is -2.27. The third kappa shape index (κ3) is 6.38. The van der Waals surface area contributed by atoms with E-state index in [0.717, 1.165) is 24.4 Å². The Balaban J connectivity index is 3.52. The molecule has 0 fully saturated rings. The van der Waals surface area contributed by atoms with Gasteiger partial charge < -0.3 is 5.73 Å². The van der Waals surface area contributed by atoms with E-state index in [1.165, 1.54) is 15.3 Å². The van der Waals surface area contributed by atoms with Crippen molar-refractivity contribution in [3.63, 3.8) is 0 Å². The lowest BCUT2D eigenvalue weighted by Gasteiger charge is -2.13. The average Bonchev–Trinajstić information content (AvgIpc) is 3.00. The fourth-order valence-corrected chi connectivity index (χ4v) is 2.86. The van der Waals surface area contributed by atoms with Gasteiger partial charge in [0.15, 0.2) is 5.82 Å². The molecule has 1 heterocycles. The number of allylic oxidation sites excluding steroid dienone is 9. The number of halogens is 4. The molecule has 0 spiro atoms. The minimum Gasteiger partial charge on any atom is -0.403 e. The Morgan fingerprint density at radius 1 is 1.37 bits per heavy atom. The first kappa shape index (κ1) is 25.3. The third-order valence-corrected chi connectivity index (χ3v) is 4.50. The second kappa shape index (κ2) is 11.4. The van der Waals surface area contributed by atoms with Crippen molar-refractivity contribution in [3.8, 4) is 0 Å². The molecule has 164 valence electrons. The summed E-state index contributed by atoms with van der Waals surface area (Å²) < 4.78 is 41.9. The van der Waals surface area contributed by atoms with Gasteiger partial charge in [0.1, 0.15) is 0 Å². The molecular formula is C21H26ClF3N4O. The fraction of sp³-hybridized carbons (Fsp3) is 0.333. The Bertz CT molecular complexity index is 933. The summed E-state index contributed by atoms with van der Waals surface area (Å²) >= 11 is 6.16. The molecule has 30 heavy (non-hydrogen) atoms. The van der Waals surface area contributed by atoms with Crippen LogP contribution >= 0.6 is 11.6 Å². The molecule has 2 N–H and O–H groups in total. The van der Waals surface area contributed by atoms with Gasteiger partial charge in [0, 0.05) is 18.3 Å². The molecule has 5 nitrogen and oxygen atoms in total. The SMILES string of the molecule is C=C/C=C(\C=C/C(C)n1c(C(=C/C)/C(Cl)=C\N)nn(CCCC=C)c1=O)C(F)(F)F. The number of hydrogen-bond donors (Lipinski definition) is 1. The molecule has 1 unspecified atom stereocenters. The van der Waals surface area contributed by atoms with Gasteiger partial charge in [-0.15, -0.1) is 11.7 Å². The molecule has 0 saturated carbocycles. The number of rotatable bonds is 10. The van der Waals surface area contributed by atoms with E-state index in [-0.39, 0.29) is 10.9 Å². The molecule has 0 bridgehead atoms. The second-order valence-corrected chi connectivity index (χ2v) is 6.71. The van der Waals surface area contributed by atoms with Crippen molar-refractivity contribution in [2.75, 3.05) is 0 Å². The first-order valence-electron chi connectivity index (χ1n) is 9.25. The first-order valence-corrected chi connectivity index (χ1v) is 9.62. The van der Waals surface area contributed by atoms with Gasteiger partial charge in [-0.25, -0.2) is 9.48 Å². The Hall–Kier alpha value is -2.74. The van der Waals surface area contributed by atoms with Crippen LogP contribution in [0, 0.1) is 0 Å². The van der Waals surface area contributed by atoms with Crippen molar-refractivity contribution in [3.05, 3.63) is 82.7 Å². The molecule has 1 aromatic heterocycles. The van der Waals surface area contributed by atoms with Crippen LogP contribution in [0.1, 0.15) is 38.6 Å². The highest BCUT2D eigenvalue weighted by molar-refractivity contribution is 6.36. The molecule has 0 aliphatic rings. The lowest BCUT2D eigenvalue weighted by molar-refractivity contribution is -0.0882. The molecule has 0 amide bonds. The van der Waals surface area contributed by atoms with Crippen LogP contribution in [-0.2, 0) is 6.54 Å². The van der Waals surface area contributed by atoms with Gasteiger partial charge >= 0.3 is 11.9 Å². The number of aryl methyl sites for hydroxylation is 1. The predicted octanol–water partition coefficient (Wildman–Crippen LogP) is 5.25. The molecular weight excluding hydrogens is 417 g/mol. The Kier molecular flexibility index (Phi) is 9.65. The Morgan fingerprint density at radius 3 is 2.53 bits per heavy atom. The number of aromatic nitrogens is 3. The van der Waals surface area contributed by atoms with Gasteiger partial charge in [-0.1, -0.05) is 54.6 Å². The van der Waals surface area contributed by atoms with Gasteiger partial charge in [0.25, 0.3) is 0 Å². The molecule has 1 aromatic rings. The van der Waals surface area contributed by atoms with E-state index in [0.29, 0.717) is 25.0 Å². The fourth-order valence-electron chi connectivity index (χ4n) is 2.67. The molecule has 1 rings (SSSR count). The summed E-state index contributed by atoms with van der Waals surface area (Å²) in [6.45, 7) is 10.6. The Morgan fingerprint density at radius 2 is 2.03 bits per heavy atom. The average molecular weight is 443 g/mol. The quantitative estimate of drug-likeness (QED) is 0.306. The standard InChI is InChI=1S/C21H26ClF3N4O/c1-5-8-9-13-28-20(30)29(19(27-28)17(7-3)18(22)14-26)15(4)11-12-16(10-6-2)21(23,24)25/h5-7,10-12,14-15H,1-2,8-9,13,26H2,3-4H3/b12-11-,16-10+,17-7+,18-14+. The zero-order valence-corrected chi connectivity index (χ0v) is 17.7. The third-order valence-electron chi connectivity index (χ3n) is 4.17. The van der Waals surface area contributed by atoms with Gasteiger partial charge in [-0.2, -0.15) is 13.2 Å². The zero-order chi connectivity index (χ0) is 22.9. The van der Waals surface area contributed by atoms with Gasteiger partial charge in [0.2, 0.25) is 0 Å². The van der Waals surface area contributed by atoms with Crippen LogP contribution in [0.25, 0.3) is 5.57 Å². The number of unbranched alkanes of at least 4 members (excludes halogenated alkanes) is 1. The van der Waals surface area contributed by atoms with Crippen molar-refractivity contribution in [2.24, 2.45) is 5.73 Å². The van der Waals surface area contributed by atoms with Crippen LogP contribution in [0.15, 0.2) is 71.2 Å². The molecule has 0 aliphatic heterocycles. The summed E-state index contributed by atoms with van der Waals surface area (Å²) in [4.78, 5) is 13.0. The number of alkyl halides is 3. The Labute approximate surface area is 179 Å². The van der Waals surface area contributed by atoms with E-state index in [4.69, 9.17) is 17.3 Å². The molecule has 0 aliphatic carbocycles. The normalized spacial score (nSPS) is 14.9. The van der Waals surface area contributed by atoms with Gasteiger partial charge in [-0.3, -0.25) is 4.57 Å². The number of nitrogens with zero attached hydrogens (tertiary/aromatic N) is 3. The minimum absolute atomic E-state index is 0.167. The highest BCUT2D eigenvalue weighted by Crippen LogP contribution is 2.28. The monoisotopic (exact) mass is 442 g/mol. The summed E-state index contributed by atoms with van der Waals surface area (Å²) in [5.41, 5.74) is 4.56. The maximum absolute atomic E-state index is 13.1. The molecule has 0 saturated heterocycles. The number of hydrogen-bond acceptors (Lipinski definition) is 3. The van der Waals surface area contributed by atoms with Crippen LogP contribution in [0.5, 0.6) is 0 Å². The van der Waals surface area contributed by atoms with Gasteiger partial charge in [-0.05, 0) is 26.7 Å². The van der Waals surface area contributed by atoms with Crippen LogP contribution in [0.4, 0.5) is 13.2 Å². The maximum atomic E-state index is 13.1. The van der Waals surface area contributed by atoms with E-state index >= 15 is 0 Å². The smallest absolute Gasteiger partial charge is 0.403 e. The predicted molar refractivity (Wildman–Crippen MR) is 116 cm³/mol. The van der Waals surface area contributed by atoms with Crippen molar-refractivity contribution in [2.45, 2.75) is 45.5 Å². The zero-order valence-electron chi connectivity index (χ0n) is 17.0.